The molecule has 5 heteroatoms. The van der Waals surface area contributed by atoms with E-state index >= 15 is 0 Å². The van der Waals surface area contributed by atoms with Gasteiger partial charge in [-0.1, -0.05) is 115 Å². The summed E-state index contributed by atoms with van der Waals surface area (Å²) < 4.78 is 92.5. The molecule has 234 valence electrons. The Hall–Kier alpha value is -6.85. The molecule has 3 heterocycles. The summed E-state index contributed by atoms with van der Waals surface area (Å²) in [4.78, 5) is 13.5. The first-order chi connectivity index (χ1) is 28.9. The monoisotopic (exact) mass is 650 g/mol. The first-order valence-corrected chi connectivity index (χ1v) is 15.9. The second kappa shape index (κ2) is 11.4. The zero-order chi connectivity index (χ0) is 41.7. The van der Waals surface area contributed by atoms with Crippen molar-refractivity contribution in [3.63, 3.8) is 0 Å². The van der Waals surface area contributed by atoms with Crippen LogP contribution in [0.5, 0.6) is 0 Å². The van der Waals surface area contributed by atoms with Gasteiger partial charge in [0.15, 0.2) is 17.5 Å². The fourth-order valence-corrected chi connectivity index (χ4v) is 6.56. The normalized spacial score (nSPS) is 14.4. The van der Waals surface area contributed by atoms with Gasteiger partial charge in [-0.25, -0.2) is 15.0 Å². The van der Waals surface area contributed by atoms with E-state index in [1.165, 1.54) is 0 Å². The van der Waals surface area contributed by atoms with Crippen molar-refractivity contribution in [1.29, 1.82) is 0 Å². The lowest BCUT2D eigenvalue weighted by molar-refractivity contribution is 0.668. The number of hydrogen-bond acceptors (Lipinski definition) is 4. The van der Waals surface area contributed by atoms with Gasteiger partial charge in [-0.05, 0) is 59.7 Å². The molecule has 0 bridgehead atoms. The lowest BCUT2D eigenvalue weighted by Crippen LogP contribution is -2.00. The van der Waals surface area contributed by atoms with Crippen molar-refractivity contribution >= 4 is 43.7 Å². The second-order valence-corrected chi connectivity index (χ2v) is 11.8. The third-order valence-corrected chi connectivity index (χ3v) is 8.83. The van der Waals surface area contributed by atoms with Gasteiger partial charge in [-0.15, -0.1) is 0 Å². The van der Waals surface area contributed by atoms with Gasteiger partial charge in [0, 0.05) is 50.0 Å². The van der Waals surface area contributed by atoms with E-state index in [9.17, 15) is 0 Å². The molecular weight excluding hydrogens is 613 g/mol. The lowest BCUT2D eigenvalue weighted by atomic mass is 10.0. The van der Waals surface area contributed by atoms with Crippen LogP contribution in [0.4, 0.5) is 0 Å². The SMILES string of the molecule is [2H]c1c([2H])c([2H])c(-c2nc(-c3ccc4oc5cc(-n6c7ccccc7c7cc(-c8ccccc8)ccc76)ccc5c4c3)nc(-c3c([2H])c([2H])c([2H])c([2H])c3[2H])n2)c([2H])c1[2H]. The summed E-state index contributed by atoms with van der Waals surface area (Å²) in [7, 11) is 0. The van der Waals surface area contributed by atoms with Gasteiger partial charge < -0.3 is 8.98 Å². The minimum atomic E-state index is -0.610. The Bertz CT molecular complexity index is 3310. The minimum absolute atomic E-state index is 0.0263. The molecule has 0 amide bonds. The number of rotatable bonds is 5. The van der Waals surface area contributed by atoms with Crippen molar-refractivity contribution in [1.82, 2.24) is 19.5 Å². The molecule has 0 unspecified atom stereocenters. The third-order valence-electron chi connectivity index (χ3n) is 8.83. The first kappa shape index (κ1) is 19.8. The van der Waals surface area contributed by atoms with E-state index in [4.69, 9.17) is 18.1 Å². The summed E-state index contributed by atoms with van der Waals surface area (Å²) in [5, 5.41) is 3.72. The quantitative estimate of drug-likeness (QED) is 0.186. The van der Waals surface area contributed by atoms with Gasteiger partial charge in [0.25, 0.3) is 0 Å². The van der Waals surface area contributed by atoms with Gasteiger partial charge in [0.05, 0.1) is 24.7 Å². The van der Waals surface area contributed by atoms with E-state index in [1.54, 1.807) is 18.2 Å². The molecule has 3 aromatic heterocycles. The van der Waals surface area contributed by atoms with Gasteiger partial charge in [0.1, 0.15) is 11.2 Å². The second-order valence-electron chi connectivity index (χ2n) is 11.8. The molecule has 0 aliphatic rings. The molecule has 10 rings (SSSR count). The van der Waals surface area contributed by atoms with Crippen LogP contribution < -0.4 is 0 Å². The molecule has 5 nitrogen and oxygen atoms in total. The molecular formula is C45H28N4O. The fraction of sp³-hybridized carbons (Fsp3) is 0. The third kappa shape index (κ3) is 4.67. The minimum Gasteiger partial charge on any atom is -0.456 e. The molecule has 0 spiro atoms. The molecule has 0 radical (unpaired) electrons. The van der Waals surface area contributed by atoms with E-state index in [0.29, 0.717) is 22.1 Å². The Morgan fingerprint density at radius 3 is 1.78 bits per heavy atom. The summed E-state index contributed by atoms with van der Waals surface area (Å²) >= 11 is 0. The van der Waals surface area contributed by atoms with Crippen molar-refractivity contribution in [3.8, 4) is 51.0 Å². The van der Waals surface area contributed by atoms with Crippen molar-refractivity contribution in [2.75, 3.05) is 0 Å². The molecule has 0 atom stereocenters. The highest BCUT2D eigenvalue weighted by molar-refractivity contribution is 6.11. The van der Waals surface area contributed by atoms with Crippen LogP contribution in [0.25, 0.3) is 94.7 Å². The zero-order valence-electron chi connectivity index (χ0n) is 36.1. The molecule has 0 aliphatic carbocycles. The zero-order valence-corrected chi connectivity index (χ0v) is 26.1. The van der Waals surface area contributed by atoms with Gasteiger partial charge >= 0.3 is 0 Å². The predicted molar refractivity (Wildman–Crippen MR) is 203 cm³/mol. The maximum Gasteiger partial charge on any atom is 0.164 e. The number of fused-ring (bicyclic) bond motifs is 6. The van der Waals surface area contributed by atoms with E-state index in [1.807, 2.05) is 48.5 Å². The Kier molecular flexibility index (Phi) is 4.52. The maximum absolute atomic E-state index is 8.64. The molecule has 0 saturated heterocycles. The van der Waals surface area contributed by atoms with Crippen molar-refractivity contribution in [2.45, 2.75) is 0 Å². The van der Waals surface area contributed by atoms with Crippen LogP contribution in [-0.2, 0) is 0 Å². The summed E-state index contributed by atoms with van der Waals surface area (Å²) in [6.07, 6.45) is 0. The topological polar surface area (TPSA) is 56.7 Å². The molecule has 10 aromatic rings. The summed E-state index contributed by atoms with van der Waals surface area (Å²) in [6, 6.07) is 30.3. The number of hydrogen-bond donors (Lipinski definition) is 0. The number of benzene rings is 7. The molecule has 0 N–H and O–H groups in total. The van der Waals surface area contributed by atoms with E-state index in [2.05, 4.69) is 62.0 Å². The maximum atomic E-state index is 8.64. The Labute approximate surface area is 301 Å². The highest BCUT2D eigenvalue weighted by atomic mass is 16.3. The van der Waals surface area contributed by atoms with Crippen LogP contribution in [0, 0.1) is 0 Å². The molecule has 7 aromatic carbocycles. The van der Waals surface area contributed by atoms with Gasteiger partial charge in [-0.2, -0.15) is 0 Å². The van der Waals surface area contributed by atoms with Gasteiger partial charge in [-0.3, -0.25) is 0 Å². The number of nitrogens with zero attached hydrogens (tertiary/aromatic N) is 4. The average Bonchev–Trinajstić information content (AvgIpc) is 3.81. The predicted octanol–water partition coefficient (Wildman–Crippen LogP) is 11.5. The Morgan fingerprint density at radius 2 is 1.04 bits per heavy atom. The Balaban J connectivity index is 1.15. The van der Waals surface area contributed by atoms with Crippen molar-refractivity contribution < 1.29 is 18.1 Å². The summed E-state index contributed by atoms with van der Waals surface area (Å²) in [5.74, 6) is -0.688. The smallest absolute Gasteiger partial charge is 0.164 e. The number of aromatic nitrogens is 4. The van der Waals surface area contributed by atoms with E-state index < -0.39 is 60.4 Å². The van der Waals surface area contributed by atoms with E-state index in [0.717, 1.165) is 44.0 Å². The van der Waals surface area contributed by atoms with Crippen LogP contribution in [0.1, 0.15) is 13.7 Å². The van der Waals surface area contributed by atoms with Crippen LogP contribution in [0.3, 0.4) is 0 Å². The largest absolute Gasteiger partial charge is 0.456 e. The van der Waals surface area contributed by atoms with Crippen molar-refractivity contribution in [2.24, 2.45) is 0 Å². The van der Waals surface area contributed by atoms with Crippen LogP contribution in [-0.4, -0.2) is 19.5 Å². The molecule has 0 fully saturated rings. The van der Waals surface area contributed by atoms with Crippen molar-refractivity contribution in [3.05, 3.63) is 170 Å². The number of para-hydroxylation sites is 1. The number of furan rings is 1. The lowest BCUT2D eigenvalue weighted by Gasteiger charge is -2.09. The van der Waals surface area contributed by atoms with E-state index in [-0.39, 0.29) is 28.6 Å². The molecule has 0 aliphatic heterocycles. The van der Waals surface area contributed by atoms with Gasteiger partial charge in [0.2, 0.25) is 0 Å². The van der Waals surface area contributed by atoms with Crippen LogP contribution in [0.2, 0.25) is 0 Å². The standard InChI is InChI=1S/C45H28N4O/c1-4-12-29(13-5-1)32-20-24-40-37(26-32)35-18-10-11-19-39(35)49(40)34-22-23-36-38-27-33(21-25-41(38)50-42(36)28-34)45-47-43(30-14-6-2-7-15-30)46-44(48-45)31-16-8-3-9-17-31/h1-28H/i2D,3D,6D,7D,8D,9D,14D,15D,16D,17D. The fourth-order valence-electron chi connectivity index (χ4n) is 6.56. The Morgan fingerprint density at radius 1 is 0.420 bits per heavy atom. The highest BCUT2D eigenvalue weighted by Crippen LogP contribution is 2.38. The average molecular weight is 651 g/mol. The van der Waals surface area contributed by atoms with Crippen LogP contribution >= 0.6 is 0 Å². The summed E-state index contributed by atoms with van der Waals surface area (Å²) in [6.45, 7) is 0. The highest BCUT2D eigenvalue weighted by Gasteiger charge is 2.17. The first-order valence-electron chi connectivity index (χ1n) is 20.9. The molecule has 0 saturated carbocycles. The summed E-state index contributed by atoms with van der Waals surface area (Å²) in [5.41, 5.74) is 6.14. The van der Waals surface area contributed by atoms with Crippen LogP contribution in [0.15, 0.2) is 174 Å². The molecule has 50 heavy (non-hydrogen) atoms.